The van der Waals surface area contributed by atoms with Gasteiger partial charge in [0.2, 0.25) is 0 Å². The smallest absolute Gasteiger partial charge is 0.127 e. The van der Waals surface area contributed by atoms with Gasteiger partial charge in [-0.25, -0.2) is 8.78 Å². The summed E-state index contributed by atoms with van der Waals surface area (Å²) in [5, 5.41) is 12.3. The Balaban J connectivity index is 1.98. The first-order valence-electron chi connectivity index (χ1n) is 5.67. The summed E-state index contributed by atoms with van der Waals surface area (Å²) >= 11 is 3.28. The Morgan fingerprint density at radius 3 is 2.58 bits per heavy atom. The number of phenolic OH excluding ortho intramolecular Hbond substituents is 1. The van der Waals surface area contributed by atoms with Gasteiger partial charge in [0.15, 0.2) is 0 Å². The molecule has 0 atom stereocenters. The zero-order valence-corrected chi connectivity index (χ0v) is 11.5. The fraction of sp³-hybridized carbons (Fsp3) is 0.143. The fourth-order valence-electron chi connectivity index (χ4n) is 1.76. The molecule has 2 rings (SSSR count). The molecule has 2 aromatic rings. The molecule has 0 fully saturated rings. The van der Waals surface area contributed by atoms with Crippen LogP contribution in [0.1, 0.15) is 11.1 Å². The Hall–Kier alpha value is -1.46. The third kappa shape index (κ3) is 4.01. The van der Waals surface area contributed by atoms with E-state index in [4.69, 9.17) is 0 Å². The number of phenols is 1. The SMILES string of the molecule is Oc1cc(F)cc(CNCc2cc(Br)ccc2F)c1. The van der Waals surface area contributed by atoms with Crippen molar-refractivity contribution < 1.29 is 13.9 Å². The van der Waals surface area contributed by atoms with Crippen LogP contribution in [-0.4, -0.2) is 5.11 Å². The summed E-state index contributed by atoms with van der Waals surface area (Å²) in [7, 11) is 0. The fourth-order valence-corrected chi connectivity index (χ4v) is 2.16. The van der Waals surface area contributed by atoms with E-state index in [0.717, 1.165) is 10.5 Å². The number of rotatable bonds is 4. The second kappa shape index (κ2) is 6.12. The molecule has 0 saturated heterocycles. The summed E-state index contributed by atoms with van der Waals surface area (Å²) in [6, 6.07) is 8.53. The molecule has 0 aliphatic rings. The minimum absolute atomic E-state index is 0.120. The van der Waals surface area contributed by atoms with E-state index < -0.39 is 5.82 Å². The van der Waals surface area contributed by atoms with Gasteiger partial charge in [-0.3, -0.25) is 0 Å². The van der Waals surface area contributed by atoms with E-state index in [0.29, 0.717) is 24.2 Å². The van der Waals surface area contributed by atoms with Crippen LogP contribution < -0.4 is 5.32 Å². The van der Waals surface area contributed by atoms with Crippen LogP contribution in [0.25, 0.3) is 0 Å². The predicted octanol–water partition coefficient (Wildman–Crippen LogP) is 3.72. The van der Waals surface area contributed by atoms with Crippen LogP contribution >= 0.6 is 15.9 Å². The van der Waals surface area contributed by atoms with Crippen molar-refractivity contribution in [1.82, 2.24) is 5.32 Å². The summed E-state index contributed by atoms with van der Waals surface area (Å²) in [6.07, 6.45) is 0. The maximum Gasteiger partial charge on any atom is 0.127 e. The molecule has 0 saturated carbocycles. The number of hydrogen-bond donors (Lipinski definition) is 2. The first-order valence-corrected chi connectivity index (χ1v) is 6.47. The van der Waals surface area contributed by atoms with Gasteiger partial charge < -0.3 is 10.4 Å². The van der Waals surface area contributed by atoms with Crippen molar-refractivity contribution in [3.05, 3.63) is 63.6 Å². The average molecular weight is 328 g/mol. The Labute approximate surface area is 118 Å². The molecule has 5 heteroatoms. The molecular weight excluding hydrogens is 316 g/mol. The van der Waals surface area contributed by atoms with Crippen molar-refractivity contribution in [1.29, 1.82) is 0 Å². The molecule has 0 aromatic heterocycles. The average Bonchev–Trinajstić information content (AvgIpc) is 2.32. The zero-order chi connectivity index (χ0) is 13.8. The molecule has 0 heterocycles. The van der Waals surface area contributed by atoms with E-state index in [1.807, 2.05) is 0 Å². The van der Waals surface area contributed by atoms with Crippen molar-refractivity contribution in [2.75, 3.05) is 0 Å². The summed E-state index contributed by atoms with van der Waals surface area (Å²) in [6.45, 7) is 0.666. The molecule has 2 nitrogen and oxygen atoms in total. The molecule has 0 bridgehead atoms. The summed E-state index contributed by atoms with van der Waals surface area (Å²) in [5.41, 5.74) is 1.13. The van der Waals surface area contributed by atoms with Gasteiger partial charge in [0.25, 0.3) is 0 Å². The molecule has 0 amide bonds. The summed E-state index contributed by atoms with van der Waals surface area (Å²) in [5.74, 6) is -0.909. The molecule has 19 heavy (non-hydrogen) atoms. The largest absolute Gasteiger partial charge is 0.508 e. The summed E-state index contributed by atoms with van der Waals surface area (Å²) < 4.78 is 27.3. The monoisotopic (exact) mass is 327 g/mol. The standard InChI is InChI=1S/C14H12BrF2NO/c15-11-1-2-14(17)10(5-11)8-18-7-9-3-12(16)6-13(19)4-9/h1-6,18-19H,7-8H2. The molecule has 0 aliphatic heterocycles. The van der Waals surface area contributed by atoms with E-state index in [2.05, 4.69) is 21.2 Å². The Morgan fingerprint density at radius 2 is 1.84 bits per heavy atom. The molecule has 0 unspecified atom stereocenters. The van der Waals surface area contributed by atoms with Gasteiger partial charge >= 0.3 is 0 Å². The Bertz CT molecular complexity index is 569. The zero-order valence-electron chi connectivity index (χ0n) is 9.96. The van der Waals surface area contributed by atoms with Gasteiger partial charge in [0, 0.05) is 29.2 Å². The molecular formula is C14H12BrF2NO. The number of halogens is 3. The lowest BCUT2D eigenvalue weighted by molar-refractivity contribution is 0.467. The van der Waals surface area contributed by atoms with Gasteiger partial charge in [-0.15, -0.1) is 0 Å². The maximum absolute atomic E-state index is 13.5. The van der Waals surface area contributed by atoms with E-state index in [1.54, 1.807) is 12.1 Å². The highest BCUT2D eigenvalue weighted by Crippen LogP contribution is 2.17. The van der Waals surface area contributed by atoms with Crippen molar-refractivity contribution in [2.45, 2.75) is 13.1 Å². The van der Waals surface area contributed by atoms with E-state index in [9.17, 15) is 13.9 Å². The lowest BCUT2D eigenvalue weighted by atomic mass is 10.2. The van der Waals surface area contributed by atoms with Crippen LogP contribution in [0.3, 0.4) is 0 Å². The topological polar surface area (TPSA) is 32.3 Å². The van der Waals surface area contributed by atoms with Crippen LogP contribution in [0.2, 0.25) is 0 Å². The van der Waals surface area contributed by atoms with Crippen molar-refractivity contribution in [2.24, 2.45) is 0 Å². The van der Waals surface area contributed by atoms with Crippen LogP contribution in [-0.2, 0) is 13.1 Å². The third-order valence-corrected chi connectivity index (χ3v) is 3.09. The molecule has 0 aliphatic carbocycles. The summed E-state index contributed by atoms with van der Waals surface area (Å²) in [4.78, 5) is 0. The highest BCUT2D eigenvalue weighted by atomic mass is 79.9. The third-order valence-electron chi connectivity index (χ3n) is 2.59. The van der Waals surface area contributed by atoms with E-state index in [1.165, 1.54) is 18.2 Å². The minimum Gasteiger partial charge on any atom is -0.508 e. The van der Waals surface area contributed by atoms with E-state index in [-0.39, 0.29) is 11.6 Å². The van der Waals surface area contributed by atoms with Gasteiger partial charge in [0.1, 0.15) is 17.4 Å². The van der Waals surface area contributed by atoms with Crippen LogP contribution in [0, 0.1) is 11.6 Å². The second-order valence-corrected chi connectivity index (χ2v) is 5.07. The van der Waals surface area contributed by atoms with Crippen molar-refractivity contribution in [3.8, 4) is 5.75 Å². The first-order chi connectivity index (χ1) is 9.04. The molecule has 100 valence electrons. The quantitative estimate of drug-likeness (QED) is 0.896. The van der Waals surface area contributed by atoms with Crippen LogP contribution in [0.4, 0.5) is 8.78 Å². The molecule has 0 spiro atoms. The Kier molecular flexibility index (Phi) is 4.50. The van der Waals surface area contributed by atoms with Gasteiger partial charge in [-0.1, -0.05) is 15.9 Å². The molecule has 2 aromatic carbocycles. The van der Waals surface area contributed by atoms with Gasteiger partial charge in [-0.2, -0.15) is 0 Å². The van der Waals surface area contributed by atoms with Crippen LogP contribution in [0.15, 0.2) is 40.9 Å². The normalized spacial score (nSPS) is 10.7. The second-order valence-electron chi connectivity index (χ2n) is 4.16. The van der Waals surface area contributed by atoms with Crippen molar-refractivity contribution in [3.63, 3.8) is 0 Å². The van der Waals surface area contributed by atoms with Gasteiger partial charge in [0.05, 0.1) is 0 Å². The number of benzene rings is 2. The molecule has 2 N–H and O–H groups in total. The van der Waals surface area contributed by atoms with E-state index >= 15 is 0 Å². The van der Waals surface area contributed by atoms with Crippen LogP contribution in [0.5, 0.6) is 5.75 Å². The predicted molar refractivity (Wildman–Crippen MR) is 72.7 cm³/mol. The number of hydrogen-bond acceptors (Lipinski definition) is 2. The highest BCUT2D eigenvalue weighted by Gasteiger charge is 2.04. The number of aromatic hydroxyl groups is 1. The lowest BCUT2D eigenvalue weighted by Crippen LogP contribution is -2.13. The lowest BCUT2D eigenvalue weighted by Gasteiger charge is -2.07. The molecule has 0 radical (unpaired) electrons. The minimum atomic E-state index is -0.495. The number of nitrogens with one attached hydrogen (secondary N) is 1. The highest BCUT2D eigenvalue weighted by molar-refractivity contribution is 9.10. The maximum atomic E-state index is 13.5. The first kappa shape index (κ1) is 14.0. The Morgan fingerprint density at radius 1 is 1.05 bits per heavy atom. The van der Waals surface area contributed by atoms with Gasteiger partial charge in [-0.05, 0) is 35.9 Å². The van der Waals surface area contributed by atoms with Crippen molar-refractivity contribution >= 4 is 15.9 Å².